The topological polar surface area (TPSA) is 81.1 Å². The molecule has 0 saturated heterocycles. The molecule has 2 aromatic rings. The first-order valence-corrected chi connectivity index (χ1v) is 5.61. The Morgan fingerprint density at radius 3 is 2.14 bits per heavy atom. The zero-order valence-corrected chi connectivity index (χ0v) is 10.4. The zero-order chi connectivity index (χ0) is 15.7. The summed E-state index contributed by atoms with van der Waals surface area (Å²) in [5, 5.41) is 2.12. The lowest BCUT2D eigenvalue weighted by atomic mass is 10.1. The molecule has 0 unspecified atom stereocenters. The van der Waals surface area contributed by atoms with Gasteiger partial charge in [-0.3, -0.25) is 4.79 Å². The van der Waals surface area contributed by atoms with Crippen LogP contribution in [0.4, 0.5) is 34.6 Å². The number of anilines is 3. The summed E-state index contributed by atoms with van der Waals surface area (Å²) in [6.45, 7) is 0. The van der Waals surface area contributed by atoms with Crippen LogP contribution in [0.15, 0.2) is 24.3 Å². The molecule has 4 nitrogen and oxygen atoms in total. The molecule has 0 spiro atoms. The van der Waals surface area contributed by atoms with E-state index in [1.807, 2.05) is 0 Å². The van der Waals surface area contributed by atoms with Crippen molar-refractivity contribution in [1.82, 2.24) is 0 Å². The van der Waals surface area contributed by atoms with Gasteiger partial charge < -0.3 is 16.8 Å². The Kier molecular flexibility index (Phi) is 3.70. The lowest BCUT2D eigenvalue weighted by Gasteiger charge is -2.13. The Morgan fingerprint density at radius 1 is 1.05 bits per heavy atom. The molecule has 8 heteroatoms. The van der Waals surface area contributed by atoms with Crippen molar-refractivity contribution in [2.24, 2.45) is 5.73 Å². The second-order valence-electron chi connectivity index (χ2n) is 4.10. The molecule has 0 aliphatic heterocycles. The molecule has 0 fully saturated rings. The number of carbonyl (C=O) groups excluding carboxylic acids is 1. The fourth-order valence-corrected chi connectivity index (χ4v) is 1.71. The van der Waals surface area contributed by atoms with Crippen LogP contribution in [-0.4, -0.2) is 5.91 Å². The average molecular weight is 299 g/mol. The van der Waals surface area contributed by atoms with Crippen LogP contribution in [-0.2, 0) is 0 Å². The van der Waals surface area contributed by atoms with Crippen LogP contribution in [0.25, 0.3) is 0 Å². The van der Waals surface area contributed by atoms with E-state index in [1.54, 1.807) is 0 Å². The number of carbonyl (C=O) groups is 1. The third-order valence-electron chi connectivity index (χ3n) is 2.74. The number of benzene rings is 2. The van der Waals surface area contributed by atoms with Gasteiger partial charge in [0.2, 0.25) is 0 Å². The maximum Gasteiger partial charge on any atom is 0.250 e. The number of nitrogens with one attached hydrogen (secondary N) is 1. The first-order valence-electron chi connectivity index (χ1n) is 5.61. The lowest BCUT2D eigenvalue weighted by molar-refractivity contribution is 0.100. The van der Waals surface area contributed by atoms with E-state index in [4.69, 9.17) is 11.5 Å². The molecule has 0 aliphatic carbocycles. The predicted octanol–water partition coefficient (Wildman–Crippen LogP) is 2.67. The van der Waals surface area contributed by atoms with Crippen LogP contribution in [0.5, 0.6) is 0 Å². The van der Waals surface area contributed by atoms with Crippen LogP contribution in [0.2, 0.25) is 0 Å². The molecule has 110 valence electrons. The van der Waals surface area contributed by atoms with Gasteiger partial charge in [0, 0.05) is 6.07 Å². The molecule has 21 heavy (non-hydrogen) atoms. The molecule has 2 rings (SSSR count). The highest BCUT2D eigenvalue weighted by Gasteiger charge is 2.20. The van der Waals surface area contributed by atoms with Crippen molar-refractivity contribution in [2.75, 3.05) is 11.1 Å². The van der Waals surface area contributed by atoms with Crippen LogP contribution in [0, 0.1) is 23.3 Å². The summed E-state index contributed by atoms with van der Waals surface area (Å²) in [5.41, 5.74) is 9.21. The minimum absolute atomic E-state index is 0.0824. The molecule has 0 bridgehead atoms. The number of nitrogens with two attached hydrogens (primary N) is 2. The number of primary amides is 1. The van der Waals surface area contributed by atoms with E-state index in [0.29, 0.717) is 0 Å². The monoisotopic (exact) mass is 299 g/mol. The maximum absolute atomic E-state index is 13.5. The molecule has 0 saturated carbocycles. The second-order valence-corrected chi connectivity index (χ2v) is 4.10. The molecule has 0 radical (unpaired) electrons. The minimum atomic E-state index is -1.61. The Morgan fingerprint density at radius 2 is 1.62 bits per heavy atom. The van der Waals surface area contributed by atoms with Gasteiger partial charge in [-0.2, -0.15) is 0 Å². The molecule has 2 aromatic carbocycles. The van der Waals surface area contributed by atoms with Gasteiger partial charge >= 0.3 is 0 Å². The van der Waals surface area contributed by atoms with Crippen molar-refractivity contribution in [1.29, 1.82) is 0 Å². The number of halogens is 4. The molecule has 0 heterocycles. The van der Waals surface area contributed by atoms with E-state index < -0.39 is 34.9 Å². The average Bonchev–Trinajstić information content (AvgIpc) is 2.42. The lowest BCUT2D eigenvalue weighted by Crippen LogP contribution is -2.14. The number of hydrogen-bond acceptors (Lipinski definition) is 3. The van der Waals surface area contributed by atoms with Crippen molar-refractivity contribution in [3.63, 3.8) is 0 Å². The van der Waals surface area contributed by atoms with Gasteiger partial charge in [0.25, 0.3) is 5.91 Å². The summed E-state index contributed by atoms with van der Waals surface area (Å²) < 4.78 is 53.3. The number of para-hydroxylation sites is 1. The summed E-state index contributed by atoms with van der Waals surface area (Å²) >= 11 is 0. The summed E-state index contributed by atoms with van der Waals surface area (Å²) in [4.78, 5) is 11.1. The molecule has 5 N–H and O–H groups in total. The van der Waals surface area contributed by atoms with Gasteiger partial charge in [-0.1, -0.05) is 6.07 Å². The number of nitrogen functional groups attached to an aromatic ring is 1. The molecular formula is C13H9F4N3O. The van der Waals surface area contributed by atoms with Crippen molar-refractivity contribution < 1.29 is 22.4 Å². The Balaban J connectivity index is 2.54. The largest absolute Gasteiger partial charge is 0.396 e. The highest BCUT2D eigenvalue weighted by atomic mass is 19.2. The van der Waals surface area contributed by atoms with Gasteiger partial charge in [-0.05, 0) is 12.1 Å². The van der Waals surface area contributed by atoms with Gasteiger partial charge in [0.1, 0.15) is 5.69 Å². The van der Waals surface area contributed by atoms with E-state index in [-0.39, 0.29) is 23.0 Å². The van der Waals surface area contributed by atoms with Gasteiger partial charge in [0.05, 0.1) is 16.9 Å². The minimum Gasteiger partial charge on any atom is -0.396 e. The van der Waals surface area contributed by atoms with Gasteiger partial charge in [0.15, 0.2) is 23.3 Å². The predicted molar refractivity (Wildman–Crippen MR) is 68.9 cm³/mol. The van der Waals surface area contributed by atoms with Gasteiger partial charge in [-0.15, -0.1) is 0 Å². The van der Waals surface area contributed by atoms with Crippen molar-refractivity contribution in [3.05, 3.63) is 53.1 Å². The van der Waals surface area contributed by atoms with Crippen LogP contribution >= 0.6 is 0 Å². The highest BCUT2D eigenvalue weighted by Crippen LogP contribution is 2.31. The number of amides is 1. The highest BCUT2D eigenvalue weighted by molar-refractivity contribution is 6.01. The van der Waals surface area contributed by atoms with Crippen molar-refractivity contribution in [3.8, 4) is 0 Å². The smallest absolute Gasteiger partial charge is 0.250 e. The van der Waals surface area contributed by atoms with Crippen molar-refractivity contribution in [2.45, 2.75) is 0 Å². The molecule has 0 aromatic heterocycles. The third kappa shape index (κ3) is 2.60. The second kappa shape index (κ2) is 5.31. The van der Waals surface area contributed by atoms with E-state index in [2.05, 4.69) is 5.32 Å². The molecular weight excluding hydrogens is 290 g/mol. The number of hydrogen-bond donors (Lipinski definition) is 3. The quantitative estimate of drug-likeness (QED) is 0.463. The SMILES string of the molecule is NC(=O)c1cccc(Nc2c(F)c(F)cc(F)c2F)c1N. The normalized spacial score (nSPS) is 10.5. The summed E-state index contributed by atoms with van der Waals surface area (Å²) in [7, 11) is 0. The summed E-state index contributed by atoms with van der Waals surface area (Å²) in [5.74, 6) is -7.22. The van der Waals surface area contributed by atoms with Crippen LogP contribution < -0.4 is 16.8 Å². The standard InChI is InChI=1S/C13H9F4N3O/c14-6-4-7(15)10(17)12(9(6)16)20-8-3-1-2-5(11(8)18)13(19)21/h1-4,20H,18H2,(H2,19,21). The van der Waals surface area contributed by atoms with E-state index in [1.165, 1.54) is 18.2 Å². The Labute approximate surface area is 116 Å². The Hall–Kier alpha value is -2.77. The third-order valence-corrected chi connectivity index (χ3v) is 2.74. The first-order chi connectivity index (χ1) is 9.82. The summed E-state index contributed by atoms with van der Waals surface area (Å²) in [6.07, 6.45) is 0. The first kappa shape index (κ1) is 14.6. The molecule has 0 aliphatic rings. The summed E-state index contributed by atoms with van der Waals surface area (Å²) in [6, 6.07) is 3.98. The zero-order valence-electron chi connectivity index (χ0n) is 10.4. The maximum atomic E-state index is 13.5. The molecule has 1 amide bonds. The number of rotatable bonds is 3. The van der Waals surface area contributed by atoms with E-state index in [9.17, 15) is 22.4 Å². The van der Waals surface area contributed by atoms with Gasteiger partial charge in [-0.25, -0.2) is 17.6 Å². The fraction of sp³-hybridized carbons (Fsp3) is 0. The molecule has 0 atom stereocenters. The van der Waals surface area contributed by atoms with Crippen LogP contribution in [0.1, 0.15) is 10.4 Å². The Bertz CT molecular complexity index is 708. The van der Waals surface area contributed by atoms with E-state index >= 15 is 0 Å². The van der Waals surface area contributed by atoms with E-state index in [0.717, 1.165) is 0 Å². The van der Waals surface area contributed by atoms with Crippen LogP contribution in [0.3, 0.4) is 0 Å². The fourth-order valence-electron chi connectivity index (χ4n) is 1.71. The van der Waals surface area contributed by atoms with Crippen molar-refractivity contribution >= 4 is 23.0 Å².